The highest BCUT2D eigenvalue weighted by molar-refractivity contribution is 6.02. The minimum absolute atomic E-state index is 0.0350. The minimum atomic E-state index is -0.450. The van der Waals surface area contributed by atoms with Crippen LogP contribution in [0.4, 0.5) is 5.69 Å². The van der Waals surface area contributed by atoms with E-state index in [0.29, 0.717) is 17.2 Å². The molecule has 0 heterocycles. The van der Waals surface area contributed by atoms with Crippen molar-refractivity contribution in [3.63, 3.8) is 0 Å². The first-order valence-corrected chi connectivity index (χ1v) is 9.12. The van der Waals surface area contributed by atoms with Crippen molar-refractivity contribution in [3.05, 3.63) is 77.9 Å². The zero-order valence-electron chi connectivity index (χ0n) is 15.1. The predicted octanol–water partition coefficient (Wildman–Crippen LogP) is 4.76. The summed E-state index contributed by atoms with van der Waals surface area (Å²) in [5.41, 5.74) is 2.16. The Kier molecular flexibility index (Phi) is 4.63. The summed E-state index contributed by atoms with van der Waals surface area (Å²) < 4.78 is 4.78. The summed E-state index contributed by atoms with van der Waals surface area (Å²) in [6.45, 7) is 0. The predicted molar refractivity (Wildman–Crippen MR) is 106 cm³/mol. The first-order chi connectivity index (χ1) is 13.2. The van der Waals surface area contributed by atoms with Crippen molar-refractivity contribution in [2.24, 2.45) is 5.92 Å². The van der Waals surface area contributed by atoms with Gasteiger partial charge in [-0.05, 0) is 47.2 Å². The number of ether oxygens (including phenoxy) is 1. The number of rotatable bonds is 4. The third-order valence-corrected chi connectivity index (χ3v) is 5.34. The Labute approximate surface area is 158 Å². The van der Waals surface area contributed by atoms with Gasteiger partial charge in [-0.1, -0.05) is 54.6 Å². The Hall–Kier alpha value is -3.14. The van der Waals surface area contributed by atoms with Gasteiger partial charge in [0.25, 0.3) is 0 Å². The number of methoxy groups -OCH3 is 1. The van der Waals surface area contributed by atoms with Gasteiger partial charge in [-0.3, -0.25) is 4.79 Å². The zero-order valence-corrected chi connectivity index (χ0v) is 15.1. The summed E-state index contributed by atoms with van der Waals surface area (Å²) >= 11 is 0. The monoisotopic (exact) mass is 359 g/mol. The van der Waals surface area contributed by atoms with Gasteiger partial charge < -0.3 is 10.1 Å². The molecule has 4 nitrogen and oxygen atoms in total. The number of hydrogen-bond donors (Lipinski definition) is 1. The molecule has 4 rings (SSSR count). The number of carbonyl (C=O) groups is 2. The van der Waals surface area contributed by atoms with E-state index in [-0.39, 0.29) is 11.8 Å². The Morgan fingerprint density at radius 3 is 2.41 bits per heavy atom. The molecule has 0 atom stereocenters. The summed E-state index contributed by atoms with van der Waals surface area (Å²) in [4.78, 5) is 24.4. The van der Waals surface area contributed by atoms with E-state index in [1.54, 1.807) is 24.3 Å². The number of anilines is 1. The van der Waals surface area contributed by atoms with Crippen LogP contribution >= 0.6 is 0 Å². The topological polar surface area (TPSA) is 55.4 Å². The summed E-state index contributed by atoms with van der Waals surface area (Å²) in [5.74, 6) is -0.120. The lowest BCUT2D eigenvalue weighted by atomic mass is 9.70. The Morgan fingerprint density at radius 1 is 0.926 bits per heavy atom. The highest BCUT2D eigenvalue weighted by Crippen LogP contribution is 2.42. The zero-order chi connectivity index (χ0) is 18.8. The molecular formula is C23H21NO3. The SMILES string of the molecule is COC(=O)c1ccccc1NC(=O)C1CC(c2ccc3ccccc3c2)C1. The van der Waals surface area contributed by atoms with Gasteiger partial charge in [0.1, 0.15) is 0 Å². The Balaban J connectivity index is 1.42. The normalized spacial score (nSPS) is 18.6. The molecular weight excluding hydrogens is 338 g/mol. The van der Waals surface area contributed by atoms with E-state index in [2.05, 4.69) is 35.6 Å². The van der Waals surface area contributed by atoms with E-state index in [1.165, 1.54) is 23.4 Å². The number of benzene rings is 3. The summed E-state index contributed by atoms with van der Waals surface area (Å²) in [6.07, 6.45) is 1.65. The van der Waals surface area contributed by atoms with Crippen LogP contribution in [0.3, 0.4) is 0 Å². The second-order valence-electron chi connectivity index (χ2n) is 7.00. The number of esters is 1. The number of carbonyl (C=O) groups excluding carboxylic acids is 2. The molecule has 1 aliphatic rings. The van der Waals surface area contributed by atoms with E-state index in [4.69, 9.17) is 4.74 Å². The number of amides is 1. The van der Waals surface area contributed by atoms with Gasteiger partial charge in [0.2, 0.25) is 5.91 Å². The van der Waals surface area contributed by atoms with Crippen LogP contribution in [-0.2, 0) is 9.53 Å². The van der Waals surface area contributed by atoms with E-state index < -0.39 is 5.97 Å². The van der Waals surface area contributed by atoms with Crippen LogP contribution in [0, 0.1) is 5.92 Å². The average molecular weight is 359 g/mol. The summed E-state index contributed by atoms with van der Waals surface area (Å²) in [6, 6.07) is 21.8. The first kappa shape index (κ1) is 17.3. The highest BCUT2D eigenvalue weighted by atomic mass is 16.5. The van der Waals surface area contributed by atoms with Crippen molar-refractivity contribution in [2.45, 2.75) is 18.8 Å². The van der Waals surface area contributed by atoms with Gasteiger partial charge in [0.05, 0.1) is 18.4 Å². The van der Waals surface area contributed by atoms with Crippen molar-refractivity contribution in [1.29, 1.82) is 0 Å². The fourth-order valence-corrected chi connectivity index (χ4v) is 3.68. The molecule has 0 spiro atoms. The first-order valence-electron chi connectivity index (χ1n) is 9.12. The average Bonchev–Trinajstić information content (AvgIpc) is 2.66. The van der Waals surface area contributed by atoms with Crippen molar-refractivity contribution in [2.75, 3.05) is 12.4 Å². The van der Waals surface area contributed by atoms with E-state index in [1.807, 2.05) is 12.1 Å². The van der Waals surface area contributed by atoms with Crippen LogP contribution < -0.4 is 5.32 Å². The van der Waals surface area contributed by atoms with Gasteiger partial charge in [-0.15, -0.1) is 0 Å². The van der Waals surface area contributed by atoms with Crippen molar-refractivity contribution < 1.29 is 14.3 Å². The minimum Gasteiger partial charge on any atom is -0.465 e. The van der Waals surface area contributed by atoms with E-state index in [0.717, 1.165) is 12.8 Å². The van der Waals surface area contributed by atoms with Crippen LogP contribution in [0.5, 0.6) is 0 Å². The molecule has 27 heavy (non-hydrogen) atoms. The Bertz CT molecular complexity index is 1010. The lowest BCUT2D eigenvalue weighted by Crippen LogP contribution is -2.33. The number of hydrogen-bond acceptors (Lipinski definition) is 3. The Morgan fingerprint density at radius 2 is 1.63 bits per heavy atom. The number of fused-ring (bicyclic) bond motifs is 1. The van der Waals surface area contributed by atoms with Crippen LogP contribution in [0.15, 0.2) is 66.7 Å². The number of nitrogens with one attached hydrogen (secondary N) is 1. The second-order valence-corrected chi connectivity index (χ2v) is 7.00. The lowest BCUT2D eigenvalue weighted by Gasteiger charge is -2.34. The lowest BCUT2D eigenvalue weighted by molar-refractivity contribution is -0.122. The van der Waals surface area contributed by atoms with Gasteiger partial charge >= 0.3 is 5.97 Å². The molecule has 0 aromatic heterocycles. The molecule has 3 aromatic rings. The summed E-state index contributed by atoms with van der Waals surface area (Å²) in [5, 5.41) is 5.35. The van der Waals surface area contributed by atoms with Gasteiger partial charge in [-0.2, -0.15) is 0 Å². The van der Waals surface area contributed by atoms with E-state index in [9.17, 15) is 9.59 Å². The molecule has 1 fully saturated rings. The van der Waals surface area contributed by atoms with Gasteiger partial charge in [0.15, 0.2) is 0 Å². The molecule has 4 heteroatoms. The highest BCUT2D eigenvalue weighted by Gasteiger charge is 2.35. The molecule has 1 N–H and O–H groups in total. The van der Waals surface area contributed by atoms with Crippen molar-refractivity contribution in [1.82, 2.24) is 0 Å². The molecule has 136 valence electrons. The molecule has 1 aliphatic carbocycles. The maximum Gasteiger partial charge on any atom is 0.339 e. The smallest absolute Gasteiger partial charge is 0.339 e. The molecule has 0 radical (unpaired) electrons. The maximum atomic E-state index is 12.6. The van der Waals surface area contributed by atoms with E-state index >= 15 is 0 Å². The molecule has 3 aromatic carbocycles. The number of para-hydroxylation sites is 1. The van der Waals surface area contributed by atoms with Gasteiger partial charge in [-0.25, -0.2) is 4.79 Å². The van der Waals surface area contributed by atoms with Crippen LogP contribution in [-0.4, -0.2) is 19.0 Å². The largest absolute Gasteiger partial charge is 0.465 e. The maximum absolute atomic E-state index is 12.6. The fourth-order valence-electron chi connectivity index (χ4n) is 3.68. The fraction of sp³-hybridized carbons (Fsp3) is 0.217. The quantitative estimate of drug-likeness (QED) is 0.684. The molecule has 1 saturated carbocycles. The molecule has 0 saturated heterocycles. The molecule has 0 bridgehead atoms. The van der Waals surface area contributed by atoms with Crippen LogP contribution in [0.2, 0.25) is 0 Å². The third kappa shape index (κ3) is 3.43. The van der Waals surface area contributed by atoms with Crippen LogP contribution in [0.25, 0.3) is 10.8 Å². The van der Waals surface area contributed by atoms with Gasteiger partial charge in [0, 0.05) is 5.92 Å². The molecule has 0 unspecified atom stereocenters. The van der Waals surface area contributed by atoms with Crippen molar-refractivity contribution >= 4 is 28.3 Å². The third-order valence-electron chi connectivity index (χ3n) is 5.34. The van der Waals surface area contributed by atoms with Crippen molar-refractivity contribution in [3.8, 4) is 0 Å². The standard InChI is InChI=1S/C23H21NO3/c1-27-23(26)20-8-4-5-9-21(20)24-22(25)19-13-18(14-19)17-11-10-15-6-2-3-7-16(15)12-17/h2-12,18-19H,13-14H2,1H3,(H,24,25). The summed E-state index contributed by atoms with van der Waals surface area (Å²) in [7, 11) is 1.33. The molecule has 0 aliphatic heterocycles. The van der Waals surface area contributed by atoms with Crippen LogP contribution in [0.1, 0.15) is 34.7 Å². The molecule has 1 amide bonds. The second kappa shape index (κ2) is 7.23.